The Morgan fingerprint density at radius 2 is 2.09 bits per heavy atom. The smallest absolute Gasteiger partial charge is 0.270 e. The lowest BCUT2D eigenvalue weighted by Gasteiger charge is -2.42. The first kappa shape index (κ1) is 16.1. The molecule has 1 aromatic heterocycles. The van der Waals surface area contributed by atoms with Crippen LogP contribution in [-0.2, 0) is 11.8 Å². The van der Waals surface area contributed by atoms with E-state index in [1.165, 1.54) is 23.5 Å². The number of hydrogen-bond acceptors (Lipinski definition) is 4. The van der Waals surface area contributed by atoms with Crippen molar-refractivity contribution in [2.24, 2.45) is 5.73 Å². The predicted octanol–water partition coefficient (Wildman–Crippen LogP) is 2.64. The van der Waals surface area contributed by atoms with Crippen molar-refractivity contribution in [3.05, 3.63) is 51.7 Å². The third-order valence-corrected chi connectivity index (χ3v) is 5.41. The van der Waals surface area contributed by atoms with Crippen LogP contribution in [0, 0.1) is 5.82 Å². The van der Waals surface area contributed by atoms with E-state index in [9.17, 15) is 9.18 Å². The summed E-state index contributed by atoms with van der Waals surface area (Å²) in [5, 5.41) is 5.64. The Bertz CT molecular complexity index is 679. The molecule has 4 nitrogen and oxygen atoms in total. The van der Waals surface area contributed by atoms with Crippen molar-refractivity contribution in [1.29, 1.82) is 0 Å². The molecule has 1 aromatic carbocycles. The number of nitrogens with zero attached hydrogens (tertiary/aromatic N) is 1. The Balaban J connectivity index is 1.65. The average Bonchev–Trinajstić information content (AvgIpc) is 2.97. The third-order valence-electron chi connectivity index (χ3n) is 4.50. The summed E-state index contributed by atoms with van der Waals surface area (Å²) in [7, 11) is 0. The standard InChI is InChI=1S/C17H20FN3OS/c18-13-4-2-12(3-5-13)17(7-1-8-17)11-20-16(22)14-10-23-15(21-14)6-9-19/h2-5,10H,1,6-9,11,19H2,(H,20,22). The fourth-order valence-corrected chi connectivity index (χ4v) is 3.76. The molecular weight excluding hydrogens is 313 g/mol. The van der Waals surface area contributed by atoms with Gasteiger partial charge < -0.3 is 11.1 Å². The Morgan fingerprint density at radius 1 is 1.35 bits per heavy atom. The molecule has 2 aromatic rings. The summed E-state index contributed by atoms with van der Waals surface area (Å²) < 4.78 is 13.1. The SMILES string of the molecule is NCCc1nc(C(=O)NCC2(c3ccc(F)cc3)CCC2)cs1. The van der Waals surface area contributed by atoms with Crippen LogP contribution in [0.25, 0.3) is 0 Å². The number of nitrogens with two attached hydrogens (primary N) is 1. The van der Waals surface area contributed by atoms with E-state index < -0.39 is 0 Å². The van der Waals surface area contributed by atoms with Gasteiger partial charge in [0, 0.05) is 23.8 Å². The normalized spacial score (nSPS) is 15.9. The number of benzene rings is 1. The number of amides is 1. The molecule has 1 aliphatic rings. The lowest BCUT2D eigenvalue weighted by molar-refractivity contribution is 0.0923. The van der Waals surface area contributed by atoms with Crippen LogP contribution in [0.1, 0.15) is 40.3 Å². The van der Waals surface area contributed by atoms with Crippen LogP contribution in [0.2, 0.25) is 0 Å². The fraction of sp³-hybridized carbons (Fsp3) is 0.412. The summed E-state index contributed by atoms with van der Waals surface area (Å²) in [6.45, 7) is 1.09. The highest BCUT2D eigenvalue weighted by molar-refractivity contribution is 7.09. The van der Waals surface area contributed by atoms with E-state index >= 15 is 0 Å². The van der Waals surface area contributed by atoms with Gasteiger partial charge in [-0.15, -0.1) is 11.3 Å². The molecule has 122 valence electrons. The number of halogens is 1. The zero-order chi connectivity index (χ0) is 16.3. The van der Waals surface area contributed by atoms with Crippen LogP contribution in [0.5, 0.6) is 0 Å². The van der Waals surface area contributed by atoms with Gasteiger partial charge in [0.15, 0.2) is 0 Å². The Morgan fingerprint density at radius 3 is 2.70 bits per heavy atom. The summed E-state index contributed by atoms with van der Waals surface area (Å²) in [6.07, 6.45) is 3.84. The monoisotopic (exact) mass is 333 g/mol. The number of thiazole rings is 1. The molecule has 0 radical (unpaired) electrons. The molecule has 0 aliphatic heterocycles. The van der Waals surface area contributed by atoms with Gasteiger partial charge in [-0.2, -0.15) is 0 Å². The minimum atomic E-state index is -0.234. The van der Waals surface area contributed by atoms with Gasteiger partial charge in [0.1, 0.15) is 11.5 Å². The molecule has 1 saturated carbocycles. The summed E-state index contributed by atoms with van der Waals surface area (Å²) in [5.41, 5.74) is 6.97. The first-order valence-corrected chi connectivity index (χ1v) is 8.70. The number of hydrogen-bond donors (Lipinski definition) is 2. The van der Waals surface area contributed by atoms with Crippen LogP contribution in [0.15, 0.2) is 29.6 Å². The zero-order valence-corrected chi connectivity index (χ0v) is 13.7. The first-order valence-electron chi connectivity index (χ1n) is 7.82. The largest absolute Gasteiger partial charge is 0.350 e. The van der Waals surface area contributed by atoms with E-state index in [2.05, 4.69) is 10.3 Å². The van der Waals surface area contributed by atoms with Crippen LogP contribution in [-0.4, -0.2) is 24.0 Å². The summed E-state index contributed by atoms with van der Waals surface area (Å²) in [6, 6.07) is 6.61. The summed E-state index contributed by atoms with van der Waals surface area (Å²) in [5.74, 6) is -0.389. The Labute approximate surface area is 138 Å². The molecular formula is C17H20FN3OS. The Kier molecular flexibility index (Phi) is 4.73. The lowest BCUT2D eigenvalue weighted by atomic mass is 9.64. The van der Waals surface area contributed by atoms with E-state index in [1.54, 1.807) is 5.38 Å². The second-order valence-electron chi connectivity index (χ2n) is 5.99. The van der Waals surface area contributed by atoms with Crippen molar-refractivity contribution in [3.8, 4) is 0 Å². The molecule has 0 atom stereocenters. The molecule has 1 fully saturated rings. The van der Waals surface area contributed by atoms with Crippen molar-refractivity contribution in [2.45, 2.75) is 31.1 Å². The van der Waals surface area contributed by atoms with E-state index in [4.69, 9.17) is 5.73 Å². The molecule has 23 heavy (non-hydrogen) atoms. The van der Waals surface area contributed by atoms with Crippen molar-refractivity contribution < 1.29 is 9.18 Å². The van der Waals surface area contributed by atoms with Crippen molar-refractivity contribution in [2.75, 3.05) is 13.1 Å². The quantitative estimate of drug-likeness (QED) is 0.854. The number of nitrogens with one attached hydrogen (secondary N) is 1. The number of aromatic nitrogens is 1. The number of carbonyl (C=O) groups excluding carboxylic acids is 1. The van der Waals surface area contributed by atoms with Gasteiger partial charge in [0.25, 0.3) is 5.91 Å². The average molecular weight is 333 g/mol. The maximum absolute atomic E-state index is 13.1. The molecule has 1 aliphatic carbocycles. The molecule has 0 saturated heterocycles. The van der Waals surface area contributed by atoms with Gasteiger partial charge in [0.2, 0.25) is 0 Å². The van der Waals surface area contributed by atoms with Gasteiger partial charge in [0.05, 0.1) is 5.01 Å². The van der Waals surface area contributed by atoms with E-state index in [-0.39, 0.29) is 17.1 Å². The molecule has 3 N–H and O–H groups in total. The summed E-state index contributed by atoms with van der Waals surface area (Å²) in [4.78, 5) is 16.6. The maximum atomic E-state index is 13.1. The molecule has 0 spiro atoms. The van der Waals surface area contributed by atoms with Gasteiger partial charge in [-0.25, -0.2) is 9.37 Å². The second kappa shape index (κ2) is 6.76. The second-order valence-corrected chi connectivity index (χ2v) is 6.93. The van der Waals surface area contributed by atoms with Crippen LogP contribution < -0.4 is 11.1 Å². The Hall–Kier alpha value is -1.79. The fourth-order valence-electron chi connectivity index (χ4n) is 2.97. The maximum Gasteiger partial charge on any atom is 0.270 e. The third kappa shape index (κ3) is 3.43. The van der Waals surface area contributed by atoms with Crippen LogP contribution in [0.4, 0.5) is 4.39 Å². The molecule has 1 heterocycles. The van der Waals surface area contributed by atoms with Gasteiger partial charge >= 0.3 is 0 Å². The van der Waals surface area contributed by atoms with Crippen LogP contribution >= 0.6 is 11.3 Å². The van der Waals surface area contributed by atoms with Crippen molar-refractivity contribution in [3.63, 3.8) is 0 Å². The van der Waals surface area contributed by atoms with E-state index in [0.29, 0.717) is 25.2 Å². The van der Waals surface area contributed by atoms with Gasteiger partial charge in [-0.1, -0.05) is 18.6 Å². The molecule has 3 rings (SSSR count). The van der Waals surface area contributed by atoms with Gasteiger partial charge in [-0.05, 0) is 37.1 Å². The molecule has 1 amide bonds. The molecule has 0 bridgehead atoms. The minimum absolute atomic E-state index is 0.0700. The lowest BCUT2D eigenvalue weighted by Crippen LogP contribution is -2.45. The van der Waals surface area contributed by atoms with E-state index in [0.717, 1.165) is 29.8 Å². The highest BCUT2D eigenvalue weighted by atomic mass is 32.1. The van der Waals surface area contributed by atoms with Crippen LogP contribution in [0.3, 0.4) is 0 Å². The van der Waals surface area contributed by atoms with Gasteiger partial charge in [-0.3, -0.25) is 4.79 Å². The highest BCUT2D eigenvalue weighted by Gasteiger charge is 2.39. The topological polar surface area (TPSA) is 68.0 Å². The number of rotatable bonds is 6. The molecule has 6 heteroatoms. The highest BCUT2D eigenvalue weighted by Crippen LogP contribution is 2.43. The van der Waals surface area contributed by atoms with Crippen molar-refractivity contribution >= 4 is 17.2 Å². The van der Waals surface area contributed by atoms with Crippen molar-refractivity contribution in [1.82, 2.24) is 10.3 Å². The zero-order valence-electron chi connectivity index (χ0n) is 12.8. The number of carbonyl (C=O) groups is 1. The molecule has 0 unspecified atom stereocenters. The first-order chi connectivity index (χ1) is 11.1. The minimum Gasteiger partial charge on any atom is -0.350 e. The summed E-state index contributed by atoms with van der Waals surface area (Å²) >= 11 is 1.46. The van der Waals surface area contributed by atoms with E-state index in [1.807, 2.05) is 12.1 Å². The predicted molar refractivity (Wildman–Crippen MR) is 89.1 cm³/mol.